The largest absolute Gasteiger partial charge is 0.352 e. The summed E-state index contributed by atoms with van der Waals surface area (Å²) in [6.07, 6.45) is 0. The zero-order valence-electron chi connectivity index (χ0n) is 5.41. The fourth-order valence-corrected chi connectivity index (χ4v) is 0.510. The summed E-state index contributed by atoms with van der Waals surface area (Å²) in [6, 6.07) is 0. The molecule has 0 saturated heterocycles. The Bertz CT molecular complexity index is 122. The number of carbonyl (C=O) groups excluding carboxylic acids is 1. The molecule has 52 valence electrons. The molecule has 0 bridgehead atoms. The van der Waals surface area contributed by atoms with Crippen LogP contribution in [-0.2, 0) is 4.79 Å². The minimum Gasteiger partial charge on any atom is -0.352 e. The van der Waals surface area contributed by atoms with E-state index in [-0.39, 0.29) is 5.91 Å². The number of halogens is 1. The van der Waals surface area contributed by atoms with Crippen molar-refractivity contribution in [1.82, 2.24) is 5.32 Å². The zero-order valence-corrected chi connectivity index (χ0v) is 6.99. The lowest BCUT2D eigenvalue weighted by Crippen LogP contribution is -2.25. The predicted octanol–water partition coefficient (Wildman–Crippen LogP) is 1.07. The molecule has 0 aromatic carbocycles. The Labute approximate surface area is 63.5 Å². The predicted molar refractivity (Wildman–Crippen MR) is 41.6 cm³/mol. The fourth-order valence-electron chi connectivity index (χ4n) is 0.312. The summed E-state index contributed by atoms with van der Waals surface area (Å²) in [7, 11) is 0. The van der Waals surface area contributed by atoms with Gasteiger partial charge in [0.05, 0.1) is 0 Å². The standard InChI is InChI=1S/C6H10BrNO/c1-5(2)6(9)8-4-3-7/h1,3-4H2,2H3,(H,8,9). The molecule has 0 aliphatic rings. The van der Waals surface area contributed by atoms with Crippen LogP contribution in [0.1, 0.15) is 6.92 Å². The summed E-state index contributed by atoms with van der Waals surface area (Å²) < 4.78 is 0. The van der Waals surface area contributed by atoms with Gasteiger partial charge in [0, 0.05) is 17.4 Å². The van der Waals surface area contributed by atoms with Crippen LogP contribution in [0, 0.1) is 0 Å². The highest BCUT2D eigenvalue weighted by molar-refractivity contribution is 9.09. The van der Waals surface area contributed by atoms with Crippen molar-refractivity contribution in [2.24, 2.45) is 0 Å². The van der Waals surface area contributed by atoms with Crippen LogP contribution in [0.4, 0.5) is 0 Å². The van der Waals surface area contributed by atoms with Crippen LogP contribution < -0.4 is 5.32 Å². The molecule has 0 aliphatic heterocycles. The average molecular weight is 192 g/mol. The van der Waals surface area contributed by atoms with E-state index >= 15 is 0 Å². The normalized spacial score (nSPS) is 8.67. The summed E-state index contributed by atoms with van der Waals surface area (Å²) in [6.45, 7) is 5.82. The molecule has 0 aromatic rings. The Balaban J connectivity index is 3.39. The number of alkyl halides is 1. The molecular weight excluding hydrogens is 182 g/mol. The third-order valence-corrected chi connectivity index (χ3v) is 1.16. The van der Waals surface area contributed by atoms with E-state index in [9.17, 15) is 4.79 Å². The maximum Gasteiger partial charge on any atom is 0.246 e. The van der Waals surface area contributed by atoms with E-state index in [1.165, 1.54) is 0 Å². The fraction of sp³-hybridized carbons (Fsp3) is 0.500. The van der Waals surface area contributed by atoms with Gasteiger partial charge >= 0.3 is 0 Å². The molecule has 0 spiro atoms. The quantitative estimate of drug-likeness (QED) is 0.526. The first-order valence-corrected chi connectivity index (χ1v) is 3.80. The first kappa shape index (κ1) is 8.69. The van der Waals surface area contributed by atoms with Gasteiger partial charge in [0.1, 0.15) is 0 Å². The maximum absolute atomic E-state index is 10.7. The molecular formula is C6H10BrNO. The van der Waals surface area contributed by atoms with E-state index in [1.54, 1.807) is 6.92 Å². The SMILES string of the molecule is C=C(C)C(=O)NCCBr. The van der Waals surface area contributed by atoms with Crippen molar-refractivity contribution in [1.29, 1.82) is 0 Å². The summed E-state index contributed by atoms with van der Waals surface area (Å²) >= 11 is 3.18. The zero-order chi connectivity index (χ0) is 7.28. The maximum atomic E-state index is 10.7. The first-order chi connectivity index (χ1) is 4.18. The number of hydrogen-bond acceptors (Lipinski definition) is 1. The molecule has 1 N–H and O–H groups in total. The first-order valence-electron chi connectivity index (χ1n) is 2.68. The van der Waals surface area contributed by atoms with Crippen LogP contribution >= 0.6 is 15.9 Å². The van der Waals surface area contributed by atoms with Crippen molar-refractivity contribution in [3.63, 3.8) is 0 Å². The van der Waals surface area contributed by atoms with Crippen molar-refractivity contribution in [3.05, 3.63) is 12.2 Å². The van der Waals surface area contributed by atoms with Crippen molar-refractivity contribution >= 4 is 21.8 Å². The highest BCUT2D eigenvalue weighted by Gasteiger charge is 1.96. The molecule has 0 heterocycles. The van der Waals surface area contributed by atoms with Gasteiger partial charge in [-0.15, -0.1) is 0 Å². The Hall–Kier alpha value is -0.310. The van der Waals surface area contributed by atoms with E-state index in [2.05, 4.69) is 27.8 Å². The monoisotopic (exact) mass is 191 g/mol. The van der Waals surface area contributed by atoms with Crippen molar-refractivity contribution < 1.29 is 4.79 Å². The van der Waals surface area contributed by atoms with Crippen LogP contribution in [0.5, 0.6) is 0 Å². The summed E-state index contributed by atoms with van der Waals surface area (Å²) in [4.78, 5) is 10.7. The van der Waals surface area contributed by atoms with Gasteiger partial charge in [-0.1, -0.05) is 22.5 Å². The van der Waals surface area contributed by atoms with Gasteiger partial charge in [0.2, 0.25) is 5.91 Å². The van der Waals surface area contributed by atoms with Crippen LogP contribution in [-0.4, -0.2) is 17.8 Å². The molecule has 0 atom stereocenters. The minimum absolute atomic E-state index is 0.0746. The second-order valence-corrected chi connectivity index (χ2v) is 2.52. The summed E-state index contributed by atoms with van der Waals surface area (Å²) in [5.41, 5.74) is 0.552. The van der Waals surface area contributed by atoms with E-state index in [0.717, 1.165) is 5.33 Å². The Morgan fingerprint density at radius 1 is 1.78 bits per heavy atom. The smallest absolute Gasteiger partial charge is 0.246 e. The molecule has 0 unspecified atom stereocenters. The molecule has 0 saturated carbocycles. The third kappa shape index (κ3) is 4.21. The second-order valence-electron chi connectivity index (χ2n) is 1.73. The average Bonchev–Trinajstić information content (AvgIpc) is 1.82. The van der Waals surface area contributed by atoms with Crippen molar-refractivity contribution in [3.8, 4) is 0 Å². The molecule has 0 fully saturated rings. The summed E-state index contributed by atoms with van der Waals surface area (Å²) in [5.74, 6) is -0.0746. The number of hydrogen-bond donors (Lipinski definition) is 1. The van der Waals surface area contributed by atoms with Crippen LogP contribution in [0.15, 0.2) is 12.2 Å². The molecule has 0 aliphatic carbocycles. The van der Waals surface area contributed by atoms with Crippen LogP contribution in [0.25, 0.3) is 0 Å². The van der Waals surface area contributed by atoms with E-state index in [4.69, 9.17) is 0 Å². The lowest BCUT2D eigenvalue weighted by Gasteiger charge is -1.99. The minimum atomic E-state index is -0.0746. The van der Waals surface area contributed by atoms with Crippen molar-refractivity contribution in [2.45, 2.75) is 6.92 Å². The number of rotatable bonds is 3. The highest BCUT2D eigenvalue weighted by atomic mass is 79.9. The Morgan fingerprint density at radius 2 is 2.33 bits per heavy atom. The number of amides is 1. The second kappa shape index (κ2) is 4.56. The summed E-state index contributed by atoms with van der Waals surface area (Å²) in [5, 5.41) is 3.43. The third-order valence-electron chi connectivity index (χ3n) is 0.768. The van der Waals surface area contributed by atoms with Gasteiger partial charge in [-0.2, -0.15) is 0 Å². The van der Waals surface area contributed by atoms with E-state index < -0.39 is 0 Å². The molecule has 3 heteroatoms. The van der Waals surface area contributed by atoms with Gasteiger partial charge in [-0.3, -0.25) is 4.79 Å². The molecule has 2 nitrogen and oxygen atoms in total. The van der Waals surface area contributed by atoms with Gasteiger partial charge in [-0.25, -0.2) is 0 Å². The molecule has 0 aromatic heterocycles. The van der Waals surface area contributed by atoms with Crippen molar-refractivity contribution in [2.75, 3.05) is 11.9 Å². The topological polar surface area (TPSA) is 29.1 Å². The van der Waals surface area contributed by atoms with E-state index in [1.807, 2.05) is 0 Å². The molecule has 0 rings (SSSR count). The van der Waals surface area contributed by atoms with Gasteiger partial charge in [0.15, 0.2) is 0 Å². The van der Waals surface area contributed by atoms with Gasteiger partial charge < -0.3 is 5.32 Å². The lowest BCUT2D eigenvalue weighted by atomic mass is 10.3. The number of carbonyl (C=O) groups is 1. The lowest BCUT2D eigenvalue weighted by molar-refractivity contribution is -0.117. The van der Waals surface area contributed by atoms with E-state index in [0.29, 0.717) is 12.1 Å². The Kier molecular flexibility index (Phi) is 4.40. The van der Waals surface area contributed by atoms with Gasteiger partial charge in [0.25, 0.3) is 0 Å². The molecule has 1 amide bonds. The Morgan fingerprint density at radius 3 is 2.67 bits per heavy atom. The molecule has 9 heavy (non-hydrogen) atoms. The number of nitrogens with one attached hydrogen (secondary N) is 1. The van der Waals surface area contributed by atoms with Crippen LogP contribution in [0.3, 0.4) is 0 Å². The molecule has 0 radical (unpaired) electrons. The van der Waals surface area contributed by atoms with Crippen LogP contribution in [0.2, 0.25) is 0 Å². The van der Waals surface area contributed by atoms with Gasteiger partial charge in [-0.05, 0) is 6.92 Å². The highest BCUT2D eigenvalue weighted by Crippen LogP contribution is 1.85.